The molecule has 4 aromatic rings. The van der Waals surface area contributed by atoms with Gasteiger partial charge in [-0.1, -0.05) is 48.5 Å². The van der Waals surface area contributed by atoms with Crippen molar-refractivity contribution in [1.29, 1.82) is 0 Å². The van der Waals surface area contributed by atoms with Gasteiger partial charge in [-0.3, -0.25) is 14.6 Å². The summed E-state index contributed by atoms with van der Waals surface area (Å²) in [6, 6.07) is 22.0. The summed E-state index contributed by atoms with van der Waals surface area (Å²) >= 11 is 1.77. The molecule has 6 heteroatoms. The van der Waals surface area contributed by atoms with E-state index in [0.29, 0.717) is 22.4 Å². The van der Waals surface area contributed by atoms with Gasteiger partial charge in [0.25, 0.3) is 5.91 Å². The molecule has 5 nitrogen and oxygen atoms in total. The van der Waals surface area contributed by atoms with E-state index in [0.717, 1.165) is 17.0 Å². The molecule has 1 N–H and O–H groups in total. The second-order valence-corrected chi connectivity index (χ2v) is 8.33. The van der Waals surface area contributed by atoms with E-state index in [1.165, 1.54) is 0 Å². The first-order valence-electron chi connectivity index (χ1n) is 9.93. The van der Waals surface area contributed by atoms with Crippen molar-refractivity contribution in [2.45, 2.75) is 11.1 Å². The van der Waals surface area contributed by atoms with E-state index in [1.54, 1.807) is 54.4 Å². The van der Waals surface area contributed by atoms with Crippen molar-refractivity contribution in [1.82, 2.24) is 9.55 Å². The SMILES string of the molecule is O=C(c1ccccc1)c1cccc(NC(=O)c2ccn3c2CS[C@@H]3c2cccnc2)c1. The predicted molar refractivity (Wildman–Crippen MR) is 122 cm³/mol. The largest absolute Gasteiger partial charge is 0.333 e. The monoisotopic (exact) mass is 425 g/mol. The van der Waals surface area contributed by atoms with Crippen LogP contribution >= 0.6 is 11.8 Å². The molecule has 0 radical (unpaired) electrons. The highest BCUT2D eigenvalue weighted by atomic mass is 32.2. The minimum atomic E-state index is -0.175. The van der Waals surface area contributed by atoms with E-state index in [9.17, 15) is 9.59 Å². The minimum Gasteiger partial charge on any atom is -0.333 e. The van der Waals surface area contributed by atoms with Crippen molar-refractivity contribution >= 4 is 29.1 Å². The van der Waals surface area contributed by atoms with E-state index in [1.807, 2.05) is 42.7 Å². The summed E-state index contributed by atoms with van der Waals surface area (Å²) in [7, 11) is 0. The minimum absolute atomic E-state index is 0.0721. The quantitative estimate of drug-likeness (QED) is 0.449. The molecule has 0 bridgehead atoms. The molecule has 3 heterocycles. The third kappa shape index (κ3) is 3.78. The number of thioether (sulfide) groups is 1. The van der Waals surface area contributed by atoms with Crippen molar-refractivity contribution in [2.24, 2.45) is 0 Å². The summed E-state index contributed by atoms with van der Waals surface area (Å²) in [5.74, 6) is 0.504. The maximum Gasteiger partial charge on any atom is 0.257 e. The fourth-order valence-electron chi connectivity index (χ4n) is 3.77. The molecular formula is C25H19N3O2S. The average Bonchev–Trinajstić information content (AvgIpc) is 3.42. The molecule has 1 aliphatic rings. The number of nitrogens with zero attached hydrogens (tertiary/aromatic N) is 2. The van der Waals surface area contributed by atoms with Crippen LogP contribution in [-0.2, 0) is 5.75 Å². The van der Waals surface area contributed by atoms with Gasteiger partial charge in [0.05, 0.1) is 5.56 Å². The summed E-state index contributed by atoms with van der Waals surface area (Å²) in [6.07, 6.45) is 5.58. The van der Waals surface area contributed by atoms with Gasteiger partial charge in [0.2, 0.25) is 0 Å². The Hall–Kier alpha value is -3.64. The van der Waals surface area contributed by atoms with Gasteiger partial charge in [0, 0.05) is 52.4 Å². The Labute approximate surface area is 184 Å². The van der Waals surface area contributed by atoms with Gasteiger partial charge in [-0.25, -0.2) is 0 Å². The van der Waals surface area contributed by atoms with Gasteiger partial charge < -0.3 is 9.88 Å². The first-order chi connectivity index (χ1) is 15.2. The first kappa shape index (κ1) is 19.3. The van der Waals surface area contributed by atoms with Crippen LogP contribution in [0.5, 0.6) is 0 Å². The molecule has 152 valence electrons. The number of hydrogen-bond acceptors (Lipinski definition) is 4. The van der Waals surface area contributed by atoms with Gasteiger partial charge in [-0.05, 0) is 24.3 Å². The van der Waals surface area contributed by atoms with E-state index in [4.69, 9.17) is 0 Å². The molecule has 1 aliphatic heterocycles. The summed E-state index contributed by atoms with van der Waals surface area (Å²) < 4.78 is 2.13. The maximum absolute atomic E-state index is 13.0. The van der Waals surface area contributed by atoms with Crippen LogP contribution in [0, 0.1) is 0 Å². The van der Waals surface area contributed by atoms with Crippen molar-refractivity contribution in [3.05, 3.63) is 119 Å². The molecule has 1 atom stereocenters. The molecule has 0 spiro atoms. The van der Waals surface area contributed by atoms with Gasteiger partial charge >= 0.3 is 0 Å². The first-order valence-corrected chi connectivity index (χ1v) is 11.0. The summed E-state index contributed by atoms with van der Waals surface area (Å²) in [5, 5.41) is 3.07. The van der Waals surface area contributed by atoms with Crippen molar-refractivity contribution in [2.75, 3.05) is 5.32 Å². The van der Waals surface area contributed by atoms with Crippen molar-refractivity contribution < 1.29 is 9.59 Å². The summed E-state index contributed by atoms with van der Waals surface area (Å²) in [4.78, 5) is 29.9. The Morgan fingerprint density at radius 3 is 2.61 bits per heavy atom. The Kier molecular flexibility index (Phi) is 5.14. The number of amides is 1. The van der Waals surface area contributed by atoms with Crippen LogP contribution < -0.4 is 5.32 Å². The van der Waals surface area contributed by atoms with Gasteiger partial charge in [-0.2, -0.15) is 0 Å². The van der Waals surface area contributed by atoms with E-state index in [2.05, 4.69) is 20.9 Å². The number of benzene rings is 2. The van der Waals surface area contributed by atoms with Crippen LogP contribution in [0.2, 0.25) is 0 Å². The van der Waals surface area contributed by atoms with E-state index < -0.39 is 0 Å². The van der Waals surface area contributed by atoms with Crippen molar-refractivity contribution in [3.8, 4) is 0 Å². The third-order valence-corrected chi connectivity index (χ3v) is 6.54. The number of fused-ring (bicyclic) bond motifs is 1. The zero-order chi connectivity index (χ0) is 21.2. The Morgan fingerprint density at radius 1 is 0.968 bits per heavy atom. The molecule has 5 rings (SSSR count). The topological polar surface area (TPSA) is 64.0 Å². The number of carbonyl (C=O) groups excluding carboxylic acids is 2. The second kappa shape index (κ2) is 8.24. The summed E-state index contributed by atoms with van der Waals surface area (Å²) in [5.41, 5.74) is 4.52. The highest BCUT2D eigenvalue weighted by molar-refractivity contribution is 7.99. The lowest BCUT2D eigenvalue weighted by Crippen LogP contribution is -2.14. The van der Waals surface area contributed by atoms with Gasteiger partial charge in [0.1, 0.15) is 5.37 Å². The lowest BCUT2D eigenvalue weighted by atomic mass is 10.0. The molecule has 2 aromatic heterocycles. The average molecular weight is 426 g/mol. The lowest BCUT2D eigenvalue weighted by Gasteiger charge is -2.12. The molecule has 31 heavy (non-hydrogen) atoms. The smallest absolute Gasteiger partial charge is 0.257 e. The Morgan fingerprint density at radius 2 is 1.81 bits per heavy atom. The highest BCUT2D eigenvalue weighted by Gasteiger charge is 2.28. The number of carbonyl (C=O) groups is 2. The summed E-state index contributed by atoms with van der Waals surface area (Å²) in [6.45, 7) is 0. The maximum atomic E-state index is 13.0. The Bertz CT molecular complexity index is 1250. The molecule has 1 amide bonds. The van der Waals surface area contributed by atoms with Crippen molar-refractivity contribution in [3.63, 3.8) is 0 Å². The highest BCUT2D eigenvalue weighted by Crippen LogP contribution is 2.41. The molecule has 2 aromatic carbocycles. The fraction of sp³-hybridized carbons (Fsp3) is 0.0800. The van der Waals surface area contributed by atoms with Crippen LogP contribution in [0.1, 0.15) is 42.9 Å². The number of nitrogens with one attached hydrogen (secondary N) is 1. The predicted octanol–water partition coefficient (Wildman–Crippen LogP) is 5.16. The zero-order valence-corrected chi connectivity index (χ0v) is 17.4. The number of rotatable bonds is 5. The third-order valence-electron chi connectivity index (χ3n) is 5.29. The molecule has 0 aliphatic carbocycles. The molecule has 0 fully saturated rings. The van der Waals surface area contributed by atoms with E-state index >= 15 is 0 Å². The van der Waals surface area contributed by atoms with Gasteiger partial charge in [0.15, 0.2) is 5.78 Å². The number of anilines is 1. The standard InChI is InChI=1S/C25H19N3O2S/c29-23(17-6-2-1-3-7-17)18-8-4-10-20(14-18)27-24(30)21-11-13-28-22(21)16-31-25(28)19-9-5-12-26-15-19/h1-15,25H,16H2,(H,27,30)/t25-/m1/s1. The zero-order valence-electron chi connectivity index (χ0n) is 16.6. The Balaban J connectivity index is 1.36. The van der Waals surface area contributed by atoms with Crippen LogP contribution in [0.25, 0.3) is 0 Å². The van der Waals surface area contributed by atoms with Crippen LogP contribution in [0.4, 0.5) is 5.69 Å². The molecule has 0 unspecified atom stereocenters. The molecule has 0 saturated heterocycles. The van der Waals surface area contributed by atoms with Gasteiger partial charge in [-0.15, -0.1) is 11.8 Å². The molecule has 0 saturated carbocycles. The lowest BCUT2D eigenvalue weighted by molar-refractivity contribution is 0.102. The number of pyridine rings is 1. The number of ketones is 1. The number of hydrogen-bond donors (Lipinski definition) is 1. The molecular weight excluding hydrogens is 406 g/mol. The van der Waals surface area contributed by atoms with Crippen LogP contribution in [0.3, 0.4) is 0 Å². The fourth-order valence-corrected chi connectivity index (χ4v) is 5.08. The number of aromatic nitrogens is 2. The van der Waals surface area contributed by atoms with Crippen LogP contribution in [0.15, 0.2) is 91.4 Å². The normalized spacial score (nSPS) is 14.8. The van der Waals surface area contributed by atoms with Crippen LogP contribution in [-0.4, -0.2) is 21.2 Å². The van der Waals surface area contributed by atoms with E-state index in [-0.39, 0.29) is 17.1 Å². The second-order valence-electron chi connectivity index (χ2n) is 7.26.